The van der Waals surface area contributed by atoms with E-state index in [9.17, 15) is 0 Å². The summed E-state index contributed by atoms with van der Waals surface area (Å²) in [5.41, 5.74) is 1.32. The van der Waals surface area contributed by atoms with Crippen LogP contribution in [0.1, 0.15) is 45.3 Å². The molecule has 0 unspecified atom stereocenters. The predicted molar refractivity (Wildman–Crippen MR) is 84.0 cm³/mol. The molecule has 2 atom stereocenters. The van der Waals surface area contributed by atoms with E-state index in [0.29, 0.717) is 12.2 Å². The van der Waals surface area contributed by atoms with Crippen LogP contribution in [0.4, 0.5) is 0 Å². The second-order valence-corrected chi connectivity index (χ2v) is 7.73. The maximum absolute atomic E-state index is 5.77. The van der Waals surface area contributed by atoms with Gasteiger partial charge in [-0.15, -0.1) is 11.3 Å². The van der Waals surface area contributed by atoms with Crippen molar-refractivity contribution in [3.8, 4) is 0 Å². The van der Waals surface area contributed by atoms with Crippen LogP contribution in [0.2, 0.25) is 0 Å². The minimum Gasteiger partial charge on any atom is -0.373 e. The molecule has 0 radical (unpaired) electrons. The lowest BCUT2D eigenvalue weighted by Gasteiger charge is -2.34. The van der Waals surface area contributed by atoms with Crippen LogP contribution in [0, 0.1) is 0 Å². The van der Waals surface area contributed by atoms with Crippen molar-refractivity contribution in [2.45, 2.75) is 65.5 Å². The monoisotopic (exact) mass is 297 g/mol. The standard InChI is InChI=1S/C15H27N3OS/c1-11-7-18(8-12(2)19-11)9-13-10-20-14(17-13)6-16-15(3,4)5/h10-12,16H,6-9H2,1-5H3/t11-,12+. The molecule has 1 aliphatic rings. The maximum Gasteiger partial charge on any atom is 0.107 e. The van der Waals surface area contributed by atoms with E-state index >= 15 is 0 Å². The number of hydrogen-bond donors (Lipinski definition) is 1. The molecule has 1 aromatic rings. The first kappa shape index (κ1) is 15.9. The van der Waals surface area contributed by atoms with Crippen LogP contribution in [-0.2, 0) is 17.8 Å². The van der Waals surface area contributed by atoms with Crippen molar-refractivity contribution >= 4 is 11.3 Å². The Morgan fingerprint density at radius 1 is 1.35 bits per heavy atom. The third-order valence-electron chi connectivity index (χ3n) is 3.25. The molecule has 20 heavy (non-hydrogen) atoms. The number of nitrogens with one attached hydrogen (secondary N) is 1. The summed E-state index contributed by atoms with van der Waals surface area (Å²) < 4.78 is 5.77. The van der Waals surface area contributed by atoms with Crippen LogP contribution in [0.15, 0.2) is 5.38 Å². The Balaban J connectivity index is 1.86. The summed E-state index contributed by atoms with van der Waals surface area (Å²) in [6.45, 7) is 14.6. The van der Waals surface area contributed by atoms with E-state index in [-0.39, 0.29) is 5.54 Å². The van der Waals surface area contributed by atoms with Gasteiger partial charge in [-0.1, -0.05) is 0 Å². The summed E-state index contributed by atoms with van der Waals surface area (Å²) in [4.78, 5) is 7.17. The molecule has 114 valence electrons. The first-order valence-electron chi connectivity index (χ1n) is 7.38. The third kappa shape index (κ3) is 5.13. The summed E-state index contributed by atoms with van der Waals surface area (Å²) in [5.74, 6) is 0. The Kier molecular flexibility index (Phi) is 5.18. The molecule has 1 aliphatic heterocycles. The summed E-state index contributed by atoms with van der Waals surface area (Å²) in [6.07, 6.45) is 0.638. The van der Waals surface area contributed by atoms with Crippen LogP contribution in [-0.4, -0.2) is 40.7 Å². The second kappa shape index (κ2) is 6.52. The molecule has 1 aromatic heterocycles. The van der Waals surface area contributed by atoms with Gasteiger partial charge in [0.15, 0.2) is 0 Å². The van der Waals surface area contributed by atoms with Gasteiger partial charge in [-0.05, 0) is 34.6 Å². The number of rotatable bonds is 4. The summed E-state index contributed by atoms with van der Waals surface area (Å²) in [6, 6.07) is 0. The van der Waals surface area contributed by atoms with Gasteiger partial charge in [-0.2, -0.15) is 0 Å². The van der Waals surface area contributed by atoms with E-state index in [1.54, 1.807) is 11.3 Å². The molecule has 0 saturated carbocycles. The van der Waals surface area contributed by atoms with Crippen LogP contribution in [0.3, 0.4) is 0 Å². The smallest absolute Gasteiger partial charge is 0.107 e. The molecule has 5 heteroatoms. The fraction of sp³-hybridized carbons (Fsp3) is 0.800. The fourth-order valence-electron chi connectivity index (χ4n) is 2.49. The van der Waals surface area contributed by atoms with Crippen LogP contribution in [0.5, 0.6) is 0 Å². The first-order valence-corrected chi connectivity index (χ1v) is 8.26. The molecular formula is C15H27N3OS. The number of ether oxygens (including phenoxy) is 1. The van der Waals surface area contributed by atoms with Crippen molar-refractivity contribution < 1.29 is 4.74 Å². The molecular weight excluding hydrogens is 270 g/mol. The van der Waals surface area contributed by atoms with Gasteiger partial charge >= 0.3 is 0 Å². The van der Waals surface area contributed by atoms with Gasteiger partial charge in [0.2, 0.25) is 0 Å². The van der Waals surface area contributed by atoms with E-state index in [1.165, 1.54) is 10.7 Å². The van der Waals surface area contributed by atoms with Gasteiger partial charge in [0, 0.05) is 37.1 Å². The van der Waals surface area contributed by atoms with Crippen molar-refractivity contribution in [2.24, 2.45) is 0 Å². The topological polar surface area (TPSA) is 37.4 Å². The van der Waals surface area contributed by atoms with E-state index in [2.05, 4.69) is 50.2 Å². The van der Waals surface area contributed by atoms with E-state index in [0.717, 1.165) is 26.2 Å². The van der Waals surface area contributed by atoms with E-state index in [4.69, 9.17) is 9.72 Å². The van der Waals surface area contributed by atoms with Gasteiger partial charge in [-0.25, -0.2) is 4.98 Å². The Morgan fingerprint density at radius 3 is 2.60 bits per heavy atom. The Labute approximate surface area is 126 Å². The molecule has 1 saturated heterocycles. The lowest BCUT2D eigenvalue weighted by molar-refractivity contribution is -0.0707. The zero-order valence-corrected chi connectivity index (χ0v) is 14.1. The largest absolute Gasteiger partial charge is 0.373 e. The third-order valence-corrected chi connectivity index (χ3v) is 4.15. The molecule has 0 aliphatic carbocycles. The van der Waals surface area contributed by atoms with E-state index in [1.807, 2.05) is 0 Å². The van der Waals surface area contributed by atoms with Crippen LogP contribution >= 0.6 is 11.3 Å². The number of thiazole rings is 1. The summed E-state index contributed by atoms with van der Waals surface area (Å²) in [7, 11) is 0. The lowest BCUT2D eigenvalue weighted by Crippen LogP contribution is -2.44. The average Bonchev–Trinajstić information content (AvgIpc) is 2.72. The molecule has 0 aromatic carbocycles. The summed E-state index contributed by atoms with van der Waals surface area (Å²) >= 11 is 1.75. The zero-order chi connectivity index (χ0) is 14.8. The van der Waals surface area contributed by atoms with Crippen molar-refractivity contribution in [1.29, 1.82) is 0 Å². The maximum atomic E-state index is 5.77. The highest BCUT2D eigenvalue weighted by molar-refractivity contribution is 7.09. The minimum atomic E-state index is 0.140. The summed E-state index contributed by atoms with van der Waals surface area (Å²) in [5, 5.41) is 6.84. The molecule has 1 N–H and O–H groups in total. The number of hydrogen-bond acceptors (Lipinski definition) is 5. The quantitative estimate of drug-likeness (QED) is 0.927. The molecule has 1 fully saturated rings. The van der Waals surface area contributed by atoms with Gasteiger partial charge in [0.1, 0.15) is 5.01 Å². The first-order chi connectivity index (χ1) is 9.32. The highest BCUT2D eigenvalue weighted by Gasteiger charge is 2.22. The zero-order valence-electron chi connectivity index (χ0n) is 13.3. The van der Waals surface area contributed by atoms with Crippen LogP contribution < -0.4 is 5.32 Å². The molecule has 2 heterocycles. The lowest BCUT2D eigenvalue weighted by atomic mass is 10.1. The van der Waals surface area contributed by atoms with Gasteiger partial charge in [0.05, 0.1) is 17.9 Å². The Bertz CT molecular complexity index is 417. The molecule has 0 spiro atoms. The van der Waals surface area contributed by atoms with Crippen molar-refractivity contribution in [1.82, 2.24) is 15.2 Å². The Hall–Kier alpha value is -0.490. The fourth-order valence-corrected chi connectivity index (χ4v) is 3.21. The molecule has 2 rings (SSSR count). The number of aromatic nitrogens is 1. The van der Waals surface area contributed by atoms with Gasteiger partial charge in [-0.3, -0.25) is 4.90 Å². The number of nitrogens with zero attached hydrogens (tertiary/aromatic N) is 2. The molecule has 0 bridgehead atoms. The molecule has 4 nitrogen and oxygen atoms in total. The van der Waals surface area contributed by atoms with Crippen molar-refractivity contribution in [3.63, 3.8) is 0 Å². The van der Waals surface area contributed by atoms with Crippen LogP contribution in [0.25, 0.3) is 0 Å². The second-order valence-electron chi connectivity index (χ2n) is 6.79. The Morgan fingerprint density at radius 2 is 2.00 bits per heavy atom. The van der Waals surface area contributed by atoms with E-state index < -0.39 is 0 Å². The highest BCUT2D eigenvalue weighted by Crippen LogP contribution is 2.16. The normalized spacial score (nSPS) is 25.1. The predicted octanol–water partition coefficient (Wildman–Crippen LogP) is 2.64. The number of morpholine rings is 1. The SMILES string of the molecule is C[C@@H]1CN(Cc2csc(CNC(C)(C)C)n2)C[C@H](C)O1. The average molecular weight is 297 g/mol. The van der Waals surface area contributed by atoms with Crippen molar-refractivity contribution in [2.75, 3.05) is 13.1 Å². The minimum absolute atomic E-state index is 0.140. The van der Waals surface area contributed by atoms with Gasteiger partial charge in [0.25, 0.3) is 0 Å². The molecule has 0 amide bonds. The highest BCUT2D eigenvalue weighted by atomic mass is 32.1. The van der Waals surface area contributed by atoms with Crippen molar-refractivity contribution in [3.05, 3.63) is 16.1 Å². The van der Waals surface area contributed by atoms with Gasteiger partial charge < -0.3 is 10.1 Å².